The van der Waals surface area contributed by atoms with E-state index in [4.69, 9.17) is 21.6 Å². The summed E-state index contributed by atoms with van der Waals surface area (Å²) in [4.78, 5) is 23.9. The van der Waals surface area contributed by atoms with Crippen LogP contribution < -0.4 is 10.7 Å². The number of esters is 1. The highest BCUT2D eigenvalue weighted by atomic mass is 35.5. The van der Waals surface area contributed by atoms with Crippen molar-refractivity contribution in [3.8, 4) is 6.07 Å². The topological polar surface area (TPSA) is 104 Å². The van der Waals surface area contributed by atoms with E-state index in [-0.39, 0.29) is 12.5 Å². The lowest BCUT2D eigenvalue weighted by molar-refractivity contribution is -0.134. The summed E-state index contributed by atoms with van der Waals surface area (Å²) >= 11 is 6.02. The van der Waals surface area contributed by atoms with Gasteiger partial charge < -0.3 is 10.1 Å². The molecule has 2 aromatic carbocycles. The molecule has 0 aromatic heterocycles. The van der Waals surface area contributed by atoms with E-state index < -0.39 is 11.7 Å². The first-order valence-corrected chi connectivity index (χ1v) is 7.99. The molecule has 0 atom stereocenters. The Balaban J connectivity index is 2.12. The summed E-state index contributed by atoms with van der Waals surface area (Å²) in [6.45, 7) is 1.76. The number of nitrogens with one attached hydrogen (secondary N) is 2. The number of carbonyl (C=O) groups excluding carboxylic acids is 2. The van der Waals surface area contributed by atoms with Crippen LogP contribution in [-0.2, 0) is 9.53 Å². The predicted molar refractivity (Wildman–Crippen MR) is 99.2 cm³/mol. The van der Waals surface area contributed by atoms with Crippen LogP contribution in [0.5, 0.6) is 0 Å². The number of carbonyl (C=O) groups is 2. The van der Waals surface area contributed by atoms with Crippen molar-refractivity contribution >= 4 is 40.6 Å². The van der Waals surface area contributed by atoms with Gasteiger partial charge in [-0.3, -0.25) is 10.2 Å². The second-order valence-corrected chi connectivity index (χ2v) is 5.33. The van der Waals surface area contributed by atoms with Crippen LogP contribution in [0, 0.1) is 11.3 Å². The van der Waals surface area contributed by atoms with Gasteiger partial charge >= 0.3 is 5.97 Å². The first-order chi connectivity index (χ1) is 12.5. The molecule has 0 saturated heterocycles. The predicted octanol–water partition coefficient (Wildman–Crippen LogP) is 3.45. The molecule has 0 unspecified atom stereocenters. The number of ether oxygens (including phenoxy) is 1. The number of rotatable bonds is 6. The average molecular weight is 371 g/mol. The fraction of sp³-hybridized carbons (Fsp3) is 0.111. The van der Waals surface area contributed by atoms with Crippen LogP contribution in [0.15, 0.2) is 53.6 Å². The minimum absolute atomic E-state index is 0.136. The molecular weight excluding hydrogens is 356 g/mol. The van der Waals surface area contributed by atoms with Gasteiger partial charge in [0.25, 0.3) is 5.91 Å². The minimum atomic E-state index is -0.824. The molecule has 0 spiro atoms. The number of hydrazone groups is 1. The summed E-state index contributed by atoms with van der Waals surface area (Å²) in [7, 11) is 0. The Morgan fingerprint density at radius 3 is 2.69 bits per heavy atom. The number of amides is 1. The molecule has 7 nitrogen and oxygen atoms in total. The van der Waals surface area contributed by atoms with Gasteiger partial charge in [-0.15, -0.1) is 0 Å². The summed E-state index contributed by atoms with van der Waals surface area (Å²) in [5, 5.41) is 15.8. The third-order valence-corrected chi connectivity index (χ3v) is 3.45. The lowest BCUT2D eigenvalue weighted by Gasteiger charge is -2.08. The summed E-state index contributed by atoms with van der Waals surface area (Å²) in [5.41, 5.74) is 3.41. The monoisotopic (exact) mass is 370 g/mol. The molecule has 2 aromatic rings. The number of hydrogen-bond donors (Lipinski definition) is 2. The van der Waals surface area contributed by atoms with E-state index in [2.05, 4.69) is 15.8 Å². The highest BCUT2D eigenvalue weighted by molar-refractivity contribution is 6.43. The molecule has 0 heterocycles. The molecule has 0 aliphatic heterocycles. The zero-order chi connectivity index (χ0) is 18.9. The first-order valence-electron chi connectivity index (χ1n) is 7.62. The molecule has 0 fully saturated rings. The van der Waals surface area contributed by atoms with E-state index >= 15 is 0 Å². The van der Waals surface area contributed by atoms with Crippen molar-refractivity contribution in [1.82, 2.24) is 0 Å². The van der Waals surface area contributed by atoms with Gasteiger partial charge in [-0.2, -0.15) is 10.4 Å². The van der Waals surface area contributed by atoms with Crippen molar-refractivity contribution in [3.05, 3.63) is 59.1 Å². The molecule has 132 valence electrons. The minimum Gasteiger partial charge on any atom is -0.461 e. The van der Waals surface area contributed by atoms with Gasteiger partial charge in [0.15, 0.2) is 0 Å². The Labute approximate surface area is 155 Å². The normalized spacial score (nSPS) is 10.6. The van der Waals surface area contributed by atoms with Crippen LogP contribution in [-0.4, -0.2) is 24.2 Å². The fourth-order valence-electron chi connectivity index (χ4n) is 1.92. The zero-order valence-corrected chi connectivity index (χ0v) is 14.6. The van der Waals surface area contributed by atoms with Crippen molar-refractivity contribution in [3.63, 3.8) is 0 Å². The Hall–Kier alpha value is -3.37. The molecule has 0 saturated carbocycles. The van der Waals surface area contributed by atoms with Gasteiger partial charge in [0.1, 0.15) is 6.07 Å². The molecule has 0 aliphatic carbocycles. The molecule has 2 N–H and O–H groups in total. The summed E-state index contributed by atoms with van der Waals surface area (Å²) in [5.74, 6) is -1.19. The SMILES string of the molecule is CCOC(=O)/C(C#N)=N\Nc1cccc(C(=O)Nc2ccccc2Cl)c1. The molecular formula is C18H15ClN4O3. The summed E-state index contributed by atoms with van der Waals surface area (Å²) < 4.78 is 4.71. The third kappa shape index (κ3) is 5.06. The first kappa shape index (κ1) is 19.0. The number of para-hydroxylation sites is 1. The molecule has 0 bridgehead atoms. The number of nitrogens with zero attached hydrogens (tertiary/aromatic N) is 2. The van der Waals surface area contributed by atoms with Crippen LogP contribution in [0.3, 0.4) is 0 Å². The van der Waals surface area contributed by atoms with Crippen LogP contribution >= 0.6 is 11.6 Å². The van der Waals surface area contributed by atoms with Crippen molar-refractivity contribution in [1.29, 1.82) is 5.26 Å². The molecule has 8 heteroatoms. The molecule has 0 aliphatic rings. The molecule has 1 amide bonds. The maximum absolute atomic E-state index is 12.3. The maximum Gasteiger partial charge on any atom is 0.369 e. The van der Waals surface area contributed by atoms with Crippen LogP contribution in [0.1, 0.15) is 17.3 Å². The molecule has 0 radical (unpaired) electrons. The van der Waals surface area contributed by atoms with Gasteiger partial charge in [0.2, 0.25) is 5.71 Å². The van der Waals surface area contributed by atoms with Gasteiger partial charge in [-0.05, 0) is 37.3 Å². The Morgan fingerprint density at radius 2 is 2.00 bits per heavy atom. The quantitative estimate of drug-likeness (QED) is 0.460. The van der Waals surface area contributed by atoms with E-state index in [1.165, 1.54) is 6.07 Å². The zero-order valence-electron chi connectivity index (χ0n) is 13.8. The van der Waals surface area contributed by atoms with E-state index in [0.29, 0.717) is 22.0 Å². The number of halogens is 1. The Kier molecular flexibility index (Phi) is 6.71. The largest absolute Gasteiger partial charge is 0.461 e. The standard InChI is InChI=1S/C18H15ClN4O3/c1-2-26-18(25)16(11-20)23-22-13-7-5-6-12(10-13)17(24)21-15-9-4-3-8-14(15)19/h3-10,22H,2H2,1H3,(H,21,24)/b23-16-. The van der Waals surface area contributed by atoms with Gasteiger partial charge in [0.05, 0.1) is 23.0 Å². The van der Waals surface area contributed by atoms with Gasteiger partial charge in [-0.1, -0.05) is 29.8 Å². The van der Waals surface area contributed by atoms with Crippen LogP contribution in [0.25, 0.3) is 0 Å². The van der Waals surface area contributed by atoms with Crippen molar-refractivity contribution < 1.29 is 14.3 Å². The summed E-state index contributed by atoms with van der Waals surface area (Å²) in [6.07, 6.45) is 0. The Bertz CT molecular complexity index is 890. The van der Waals surface area contributed by atoms with Crippen LogP contribution in [0.4, 0.5) is 11.4 Å². The summed E-state index contributed by atoms with van der Waals surface area (Å²) in [6, 6.07) is 14.9. The average Bonchev–Trinajstić information content (AvgIpc) is 2.64. The number of nitriles is 1. The number of benzene rings is 2. The lowest BCUT2D eigenvalue weighted by atomic mass is 10.2. The molecule has 2 rings (SSSR count). The highest BCUT2D eigenvalue weighted by Gasteiger charge is 2.12. The van der Waals surface area contributed by atoms with E-state index in [9.17, 15) is 9.59 Å². The van der Waals surface area contributed by atoms with E-state index in [1.54, 1.807) is 55.5 Å². The highest BCUT2D eigenvalue weighted by Crippen LogP contribution is 2.21. The van der Waals surface area contributed by atoms with E-state index in [0.717, 1.165) is 0 Å². The number of hydrogen-bond acceptors (Lipinski definition) is 6. The van der Waals surface area contributed by atoms with Gasteiger partial charge in [-0.25, -0.2) is 4.79 Å². The fourth-order valence-corrected chi connectivity index (χ4v) is 2.11. The number of anilines is 2. The maximum atomic E-state index is 12.3. The lowest BCUT2D eigenvalue weighted by Crippen LogP contribution is -2.17. The third-order valence-electron chi connectivity index (χ3n) is 3.12. The van der Waals surface area contributed by atoms with Gasteiger partial charge in [0, 0.05) is 5.56 Å². The van der Waals surface area contributed by atoms with E-state index in [1.807, 2.05) is 0 Å². The smallest absolute Gasteiger partial charge is 0.369 e. The Morgan fingerprint density at radius 1 is 1.23 bits per heavy atom. The van der Waals surface area contributed by atoms with Crippen molar-refractivity contribution in [2.24, 2.45) is 5.10 Å². The second-order valence-electron chi connectivity index (χ2n) is 4.92. The van der Waals surface area contributed by atoms with Crippen LogP contribution in [0.2, 0.25) is 5.02 Å². The second kappa shape index (κ2) is 9.20. The molecule has 26 heavy (non-hydrogen) atoms. The van der Waals surface area contributed by atoms with Crippen molar-refractivity contribution in [2.45, 2.75) is 6.92 Å². The van der Waals surface area contributed by atoms with Crippen molar-refractivity contribution in [2.75, 3.05) is 17.3 Å².